The molecule has 1 fully saturated rings. The largest absolute Gasteiger partial charge is 0.501 e. The molecule has 0 atom stereocenters. The van der Waals surface area contributed by atoms with E-state index >= 15 is 0 Å². The highest BCUT2D eigenvalue weighted by molar-refractivity contribution is 7.19. The van der Waals surface area contributed by atoms with Crippen molar-refractivity contribution >= 4 is 56.9 Å². The number of nitrogens with zero attached hydrogens (tertiary/aromatic N) is 4. The van der Waals surface area contributed by atoms with Crippen LogP contribution in [0.25, 0.3) is 21.3 Å². The third-order valence-corrected chi connectivity index (χ3v) is 9.03. The van der Waals surface area contributed by atoms with Gasteiger partial charge in [0.25, 0.3) is 5.91 Å². The Bertz CT molecular complexity index is 1710. The number of rotatable bonds is 7. The molecule has 5 rings (SSSR count). The summed E-state index contributed by atoms with van der Waals surface area (Å²) in [5, 5.41) is 1.85. The van der Waals surface area contributed by atoms with Gasteiger partial charge in [-0.1, -0.05) is 11.6 Å². The monoisotopic (exact) mass is 697 g/mol. The summed E-state index contributed by atoms with van der Waals surface area (Å²) in [4.78, 5) is 48.1. The molecule has 1 N–H and O–H groups in total. The van der Waals surface area contributed by atoms with Gasteiger partial charge in [0.05, 0.1) is 35.7 Å². The Labute approximate surface area is 290 Å². The Morgan fingerprint density at radius 3 is 2.50 bits per heavy atom. The molecule has 4 heterocycles. The molecular formula is C35H44ClN5O6S. The molecule has 48 heavy (non-hydrogen) atoms. The number of nitrogens with one attached hydrogen (secondary N) is 1. The zero-order valence-electron chi connectivity index (χ0n) is 28.6. The number of halogens is 1. The first-order valence-electron chi connectivity index (χ1n) is 16.2. The van der Waals surface area contributed by atoms with E-state index in [-0.39, 0.29) is 18.7 Å². The van der Waals surface area contributed by atoms with E-state index in [9.17, 15) is 14.4 Å². The van der Waals surface area contributed by atoms with E-state index in [1.54, 1.807) is 31.9 Å². The van der Waals surface area contributed by atoms with Crippen molar-refractivity contribution in [1.29, 1.82) is 0 Å². The second-order valence-corrected chi connectivity index (χ2v) is 15.5. The Hall–Kier alpha value is -4.03. The number of carbonyl (C=O) groups is 3. The van der Waals surface area contributed by atoms with Crippen LogP contribution < -0.4 is 10.3 Å². The summed E-state index contributed by atoms with van der Waals surface area (Å²) in [5.41, 5.74) is 6.30. The Morgan fingerprint density at radius 1 is 1.08 bits per heavy atom. The van der Waals surface area contributed by atoms with Gasteiger partial charge >= 0.3 is 12.2 Å². The van der Waals surface area contributed by atoms with E-state index < -0.39 is 23.2 Å². The van der Waals surface area contributed by atoms with Gasteiger partial charge < -0.3 is 24.0 Å². The number of likely N-dealkylation sites (tertiary alicyclic amines) is 1. The fourth-order valence-electron chi connectivity index (χ4n) is 5.75. The molecule has 2 aromatic heterocycles. The summed E-state index contributed by atoms with van der Waals surface area (Å²) < 4.78 is 17.2. The number of anilines is 1. The van der Waals surface area contributed by atoms with Crippen molar-refractivity contribution in [3.63, 3.8) is 0 Å². The Kier molecular flexibility index (Phi) is 10.4. The van der Waals surface area contributed by atoms with Crippen LogP contribution in [-0.4, -0.2) is 76.5 Å². The molecule has 3 amide bonds. The SMILES string of the molecule is CCO/C=C/C(=O)N(Cc1cc2nccc(-c3cc(Cl)cc4c3N(C3CN(C(=O)OC(C)(C)C)C3)CCC4)c2s1)NC(=O)OC(C)(C)C. The highest BCUT2D eigenvalue weighted by Crippen LogP contribution is 2.45. The van der Waals surface area contributed by atoms with Crippen LogP contribution in [0.4, 0.5) is 15.3 Å². The Balaban J connectivity index is 1.45. The topological polar surface area (TPSA) is 114 Å². The second-order valence-electron chi connectivity index (χ2n) is 13.9. The van der Waals surface area contributed by atoms with Gasteiger partial charge in [-0.15, -0.1) is 11.3 Å². The molecule has 0 radical (unpaired) electrons. The van der Waals surface area contributed by atoms with E-state index in [0.717, 1.165) is 51.3 Å². The normalized spacial score (nSPS) is 15.2. The number of aromatic nitrogens is 1. The summed E-state index contributed by atoms with van der Waals surface area (Å²) in [6.07, 6.45) is 5.18. The predicted octanol–water partition coefficient (Wildman–Crippen LogP) is 7.31. The third-order valence-electron chi connectivity index (χ3n) is 7.67. The van der Waals surface area contributed by atoms with Gasteiger partial charge in [-0.3, -0.25) is 9.78 Å². The van der Waals surface area contributed by atoms with Crippen LogP contribution in [-0.2, 0) is 32.0 Å². The van der Waals surface area contributed by atoms with Gasteiger partial charge in [0.2, 0.25) is 0 Å². The van der Waals surface area contributed by atoms with Gasteiger partial charge in [-0.2, -0.15) is 0 Å². The summed E-state index contributed by atoms with van der Waals surface area (Å²) in [6.45, 7) is 15.2. The number of hydrogen-bond acceptors (Lipinski definition) is 9. The highest BCUT2D eigenvalue weighted by Gasteiger charge is 2.39. The molecule has 1 aromatic carbocycles. The highest BCUT2D eigenvalue weighted by atomic mass is 35.5. The van der Waals surface area contributed by atoms with Crippen molar-refractivity contribution in [3.05, 3.63) is 58.3 Å². The molecular weight excluding hydrogens is 654 g/mol. The van der Waals surface area contributed by atoms with Gasteiger partial charge in [0.15, 0.2) is 0 Å². The lowest BCUT2D eigenvalue weighted by molar-refractivity contribution is -0.129. The molecule has 2 aliphatic rings. The maximum absolute atomic E-state index is 13.1. The van der Waals surface area contributed by atoms with Crippen molar-refractivity contribution in [3.8, 4) is 11.1 Å². The maximum atomic E-state index is 13.1. The molecule has 0 unspecified atom stereocenters. The first kappa shape index (κ1) is 35.3. The predicted molar refractivity (Wildman–Crippen MR) is 188 cm³/mol. The number of hydrazine groups is 1. The second kappa shape index (κ2) is 14.2. The lowest BCUT2D eigenvalue weighted by Gasteiger charge is -2.48. The van der Waals surface area contributed by atoms with Gasteiger partial charge in [-0.25, -0.2) is 20.0 Å². The average molecular weight is 698 g/mol. The van der Waals surface area contributed by atoms with Gasteiger partial charge in [-0.05, 0) is 91.1 Å². The molecule has 11 nitrogen and oxygen atoms in total. The standard InChI is InChI=1S/C35H44ClN5O6S/c1-8-45-15-12-29(42)41(38-32(43)46-34(2,3)4)21-25-18-28-31(48-25)26(11-13-37-28)27-17-23(36)16-22-10-9-14-40(30(22)27)24-19-39(20-24)33(44)47-35(5,6)7/h11-13,15-18,24H,8-10,14,19-21H2,1-7H3,(H,38,43)/b15-12+. The smallest absolute Gasteiger partial charge is 0.426 e. The van der Waals surface area contributed by atoms with Gasteiger partial charge in [0.1, 0.15) is 11.2 Å². The van der Waals surface area contributed by atoms with Crippen LogP contribution in [0.15, 0.2) is 42.8 Å². The minimum absolute atomic E-state index is 0.0807. The molecule has 3 aromatic rings. The summed E-state index contributed by atoms with van der Waals surface area (Å²) in [6, 6.07) is 8.09. The van der Waals surface area contributed by atoms with Crippen LogP contribution in [0.1, 0.15) is 65.3 Å². The zero-order valence-corrected chi connectivity index (χ0v) is 30.2. The lowest BCUT2D eigenvalue weighted by atomic mass is 9.91. The van der Waals surface area contributed by atoms with Gasteiger partial charge in [0, 0.05) is 58.6 Å². The van der Waals surface area contributed by atoms with Crippen LogP contribution in [0.5, 0.6) is 0 Å². The summed E-state index contributed by atoms with van der Waals surface area (Å²) in [5.74, 6) is -0.472. The first-order chi connectivity index (χ1) is 22.6. The molecule has 0 spiro atoms. The van der Waals surface area contributed by atoms with Crippen LogP contribution in [0.2, 0.25) is 5.02 Å². The zero-order chi connectivity index (χ0) is 34.8. The quantitative estimate of drug-likeness (QED) is 0.155. The molecule has 13 heteroatoms. The number of carbonyl (C=O) groups excluding carboxylic acids is 3. The summed E-state index contributed by atoms with van der Waals surface area (Å²) in [7, 11) is 0. The van der Waals surface area contributed by atoms with Crippen LogP contribution in [0.3, 0.4) is 0 Å². The number of thiophene rings is 1. The van der Waals surface area contributed by atoms with Crippen molar-refractivity contribution in [2.45, 2.75) is 85.1 Å². The van der Waals surface area contributed by atoms with Crippen molar-refractivity contribution in [2.75, 3.05) is 31.1 Å². The van der Waals surface area contributed by atoms with Crippen molar-refractivity contribution < 1.29 is 28.6 Å². The first-order valence-corrected chi connectivity index (χ1v) is 17.4. The Morgan fingerprint density at radius 2 is 1.81 bits per heavy atom. The number of aryl methyl sites for hydroxylation is 1. The van der Waals surface area contributed by atoms with E-state index in [1.807, 2.05) is 52.0 Å². The number of benzene rings is 1. The summed E-state index contributed by atoms with van der Waals surface area (Å²) >= 11 is 8.22. The molecule has 258 valence electrons. The minimum Gasteiger partial charge on any atom is -0.501 e. The average Bonchev–Trinajstić information content (AvgIpc) is 3.36. The molecule has 0 saturated carbocycles. The minimum atomic E-state index is -0.743. The van der Waals surface area contributed by atoms with E-state index in [4.69, 9.17) is 25.8 Å². The van der Waals surface area contributed by atoms with E-state index in [2.05, 4.69) is 15.3 Å². The number of hydrogen-bond donors (Lipinski definition) is 1. The lowest BCUT2D eigenvalue weighted by Crippen LogP contribution is -2.62. The fraction of sp³-hybridized carbons (Fsp3) is 0.486. The molecule has 2 aliphatic heterocycles. The third kappa shape index (κ3) is 8.51. The number of amides is 3. The molecule has 0 bridgehead atoms. The maximum Gasteiger partial charge on any atom is 0.426 e. The van der Waals surface area contributed by atoms with Crippen LogP contribution >= 0.6 is 22.9 Å². The molecule has 1 saturated heterocycles. The van der Waals surface area contributed by atoms with E-state index in [0.29, 0.717) is 24.7 Å². The van der Waals surface area contributed by atoms with Crippen molar-refractivity contribution in [1.82, 2.24) is 20.3 Å². The number of fused-ring (bicyclic) bond motifs is 2. The number of ether oxygens (including phenoxy) is 3. The van der Waals surface area contributed by atoms with E-state index in [1.165, 1.54) is 34.2 Å². The number of pyridine rings is 1. The van der Waals surface area contributed by atoms with Crippen molar-refractivity contribution in [2.24, 2.45) is 0 Å². The van der Waals surface area contributed by atoms with Crippen LogP contribution in [0, 0.1) is 0 Å². The molecule has 0 aliphatic carbocycles. The fourth-order valence-corrected chi connectivity index (χ4v) is 7.12.